The van der Waals surface area contributed by atoms with Gasteiger partial charge in [0.05, 0.1) is 51.8 Å². The van der Waals surface area contributed by atoms with Gasteiger partial charge in [0, 0.05) is 12.0 Å². The second-order valence-electron chi connectivity index (χ2n) is 8.38. The van der Waals surface area contributed by atoms with Crippen molar-refractivity contribution in [2.24, 2.45) is 0 Å². The van der Waals surface area contributed by atoms with E-state index in [-0.39, 0.29) is 11.8 Å². The van der Waals surface area contributed by atoms with Gasteiger partial charge in [-0.3, -0.25) is 14.3 Å². The van der Waals surface area contributed by atoms with Crippen molar-refractivity contribution in [1.82, 2.24) is 29.7 Å². The van der Waals surface area contributed by atoms with Crippen molar-refractivity contribution >= 4 is 16.0 Å². The van der Waals surface area contributed by atoms with E-state index in [1.807, 2.05) is 0 Å². The molecular formula is C25H29N7O6S. The van der Waals surface area contributed by atoms with E-state index in [1.165, 1.54) is 45.4 Å². The third-order valence-corrected chi connectivity index (χ3v) is 8.06. The molecule has 2 unspecified atom stereocenters. The van der Waals surface area contributed by atoms with Crippen molar-refractivity contribution in [2.45, 2.75) is 25.0 Å². The molecule has 3 aromatic heterocycles. The summed E-state index contributed by atoms with van der Waals surface area (Å²) >= 11 is 0. The van der Waals surface area contributed by atoms with Crippen molar-refractivity contribution in [1.29, 1.82) is 0 Å². The molecule has 1 N–H and O–H groups in total. The number of hydrogen-bond acceptors (Lipinski definition) is 11. The van der Waals surface area contributed by atoms with Gasteiger partial charge in [-0.2, -0.15) is 0 Å². The molecule has 14 heteroatoms. The molecule has 0 fully saturated rings. The summed E-state index contributed by atoms with van der Waals surface area (Å²) in [6, 6.07) is 10.3. The Bertz CT molecular complexity index is 1520. The number of nitrogens with zero attached hydrogens (tertiary/aromatic N) is 6. The number of benzene rings is 1. The fourth-order valence-electron chi connectivity index (χ4n) is 3.83. The van der Waals surface area contributed by atoms with Gasteiger partial charge in [-0.1, -0.05) is 19.1 Å². The number of ether oxygens (including phenoxy) is 4. The summed E-state index contributed by atoms with van der Waals surface area (Å²) in [5.41, 5.74) is 1.25. The van der Waals surface area contributed by atoms with E-state index in [2.05, 4.69) is 29.9 Å². The Kier molecular flexibility index (Phi) is 8.14. The monoisotopic (exact) mass is 555 g/mol. The van der Waals surface area contributed by atoms with Gasteiger partial charge in [-0.15, -0.1) is 10.2 Å². The molecule has 0 aliphatic rings. The highest BCUT2D eigenvalue weighted by Gasteiger charge is 2.32. The lowest BCUT2D eigenvalue weighted by Gasteiger charge is -2.21. The van der Waals surface area contributed by atoms with Crippen LogP contribution in [0.1, 0.15) is 25.5 Å². The zero-order valence-corrected chi connectivity index (χ0v) is 23.1. The maximum atomic E-state index is 13.6. The molecule has 0 amide bonds. The van der Waals surface area contributed by atoms with Crippen LogP contribution in [0, 0.1) is 0 Å². The van der Waals surface area contributed by atoms with Crippen LogP contribution in [0.25, 0.3) is 17.2 Å². The molecule has 2 atom stereocenters. The fraction of sp³-hybridized carbons (Fsp3) is 0.320. The fourth-order valence-corrected chi connectivity index (χ4v) is 5.08. The molecule has 0 radical (unpaired) electrons. The third-order valence-electron chi connectivity index (χ3n) is 6.20. The maximum Gasteiger partial charge on any atom is 0.243 e. The molecular weight excluding hydrogens is 526 g/mol. The summed E-state index contributed by atoms with van der Waals surface area (Å²) in [7, 11) is 1.94. The molecule has 0 aliphatic heterocycles. The Morgan fingerprint density at radius 1 is 0.821 bits per heavy atom. The van der Waals surface area contributed by atoms with E-state index in [0.29, 0.717) is 40.3 Å². The van der Waals surface area contributed by atoms with Crippen LogP contribution in [-0.4, -0.2) is 71.8 Å². The van der Waals surface area contributed by atoms with Crippen LogP contribution in [0.5, 0.6) is 23.3 Å². The molecule has 4 aromatic rings. The van der Waals surface area contributed by atoms with Crippen LogP contribution >= 0.6 is 0 Å². The van der Waals surface area contributed by atoms with Crippen LogP contribution in [0.15, 0.2) is 48.8 Å². The number of hydrogen-bond donors (Lipinski definition) is 1. The van der Waals surface area contributed by atoms with Gasteiger partial charge in [0.25, 0.3) is 0 Å². The largest absolute Gasteiger partial charge is 0.494 e. The summed E-state index contributed by atoms with van der Waals surface area (Å²) in [5, 5.41) is 7.53. The van der Waals surface area contributed by atoms with Crippen LogP contribution in [0.4, 0.5) is 5.95 Å². The highest BCUT2D eigenvalue weighted by molar-refractivity contribution is 7.93. The van der Waals surface area contributed by atoms with Crippen molar-refractivity contribution in [3.63, 3.8) is 0 Å². The van der Waals surface area contributed by atoms with Crippen molar-refractivity contribution < 1.29 is 27.4 Å². The van der Waals surface area contributed by atoms with E-state index >= 15 is 0 Å². The number of methoxy groups -OCH3 is 4. The number of anilines is 1. The molecule has 0 saturated heterocycles. The van der Waals surface area contributed by atoms with Crippen LogP contribution in [-0.2, 0) is 10.0 Å². The minimum Gasteiger partial charge on any atom is -0.494 e. The molecule has 39 heavy (non-hydrogen) atoms. The molecule has 0 aliphatic carbocycles. The van der Waals surface area contributed by atoms with Crippen molar-refractivity contribution in [3.8, 4) is 40.5 Å². The van der Waals surface area contributed by atoms with Crippen molar-refractivity contribution in [3.05, 3.63) is 54.5 Å². The second-order valence-corrected chi connectivity index (χ2v) is 10.4. The first-order valence-electron chi connectivity index (χ1n) is 11.8. The van der Waals surface area contributed by atoms with E-state index < -0.39 is 21.2 Å². The first kappa shape index (κ1) is 27.6. The average Bonchev–Trinajstić information content (AvgIpc) is 3.37. The molecule has 4 rings (SSSR count). The van der Waals surface area contributed by atoms with Crippen LogP contribution in [0.2, 0.25) is 0 Å². The summed E-state index contributed by atoms with van der Waals surface area (Å²) in [6.45, 7) is 3.33. The first-order valence-corrected chi connectivity index (χ1v) is 13.3. The Morgan fingerprint density at radius 2 is 1.49 bits per heavy atom. The van der Waals surface area contributed by atoms with Gasteiger partial charge in [-0.05, 0) is 25.1 Å². The number of rotatable bonds is 11. The Hall–Kier alpha value is -4.46. The Morgan fingerprint density at radius 3 is 2.08 bits per heavy atom. The summed E-state index contributed by atoms with van der Waals surface area (Å²) in [6.07, 6.45) is 2.93. The van der Waals surface area contributed by atoms with Gasteiger partial charge in [0.1, 0.15) is 22.9 Å². The molecule has 3 heterocycles. The smallest absolute Gasteiger partial charge is 0.243 e. The lowest BCUT2D eigenvalue weighted by atomic mass is 10.1. The predicted molar refractivity (Wildman–Crippen MR) is 143 cm³/mol. The molecule has 0 bridgehead atoms. The number of aromatic nitrogens is 6. The van der Waals surface area contributed by atoms with Crippen LogP contribution < -0.4 is 23.7 Å². The Labute approximate surface area is 226 Å². The quantitative estimate of drug-likeness (QED) is 0.290. The second kappa shape index (κ2) is 11.5. The first-order chi connectivity index (χ1) is 18.7. The predicted octanol–water partition coefficient (Wildman–Crippen LogP) is 3.09. The number of sulfonamides is 1. The number of nitrogens with one attached hydrogen (secondary N) is 1. The van der Waals surface area contributed by atoms with E-state index in [1.54, 1.807) is 50.2 Å². The number of para-hydroxylation sites is 1. The van der Waals surface area contributed by atoms with Gasteiger partial charge < -0.3 is 18.9 Å². The summed E-state index contributed by atoms with van der Waals surface area (Å²) in [5.74, 6) is 1.10. The molecule has 206 valence electrons. The summed E-state index contributed by atoms with van der Waals surface area (Å²) in [4.78, 5) is 12.9. The summed E-state index contributed by atoms with van der Waals surface area (Å²) < 4.78 is 52.8. The number of pyridine rings is 1. The lowest BCUT2D eigenvalue weighted by Crippen LogP contribution is -2.31. The zero-order chi connectivity index (χ0) is 28.2. The molecule has 1 aromatic carbocycles. The topological polar surface area (TPSA) is 152 Å². The standard InChI is InChI=1S/C25H29N7O6S/c1-15(18-13-27-22(38-6)14-26-18)16(2)39(33,34)31-25-30-29-24(17-9-7-12-21(28-17)37-5)32(25)23-19(35-3)10-8-11-20(23)36-4/h7-16H,1-6H3,(H,30,31). The van der Waals surface area contributed by atoms with E-state index in [0.717, 1.165) is 0 Å². The highest BCUT2D eigenvalue weighted by atomic mass is 32.2. The minimum atomic E-state index is -4.03. The minimum absolute atomic E-state index is 0.0858. The lowest BCUT2D eigenvalue weighted by molar-refractivity contribution is 0.391. The van der Waals surface area contributed by atoms with Crippen LogP contribution in [0.3, 0.4) is 0 Å². The molecule has 0 saturated carbocycles. The van der Waals surface area contributed by atoms with Gasteiger partial charge >= 0.3 is 0 Å². The normalized spacial score (nSPS) is 12.9. The van der Waals surface area contributed by atoms with Gasteiger partial charge in [0.2, 0.25) is 27.7 Å². The Balaban J connectivity index is 1.82. The molecule has 0 spiro atoms. The average molecular weight is 556 g/mol. The zero-order valence-electron chi connectivity index (χ0n) is 22.3. The molecule has 13 nitrogen and oxygen atoms in total. The SMILES string of the molecule is COc1cnc(C(C)C(C)S(=O)(=O)Nc2nnc(-c3cccc(OC)n3)n2-c2c(OC)cccc2OC)cn1. The van der Waals surface area contributed by atoms with Crippen molar-refractivity contribution in [2.75, 3.05) is 33.2 Å². The van der Waals surface area contributed by atoms with E-state index in [4.69, 9.17) is 18.9 Å². The van der Waals surface area contributed by atoms with Gasteiger partial charge in [0.15, 0.2) is 5.82 Å². The van der Waals surface area contributed by atoms with E-state index in [9.17, 15) is 8.42 Å². The maximum absolute atomic E-state index is 13.6. The highest BCUT2D eigenvalue weighted by Crippen LogP contribution is 2.38. The third kappa shape index (κ3) is 5.55. The van der Waals surface area contributed by atoms with Gasteiger partial charge in [-0.25, -0.2) is 18.4 Å².